The summed E-state index contributed by atoms with van der Waals surface area (Å²) < 4.78 is 0. The van der Waals surface area contributed by atoms with E-state index < -0.39 is 24.1 Å². The maximum atomic E-state index is 12.9. The molecule has 2 aromatic carbocycles. The van der Waals surface area contributed by atoms with Crippen molar-refractivity contribution in [1.29, 1.82) is 0 Å². The van der Waals surface area contributed by atoms with Crippen LogP contribution in [0.2, 0.25) is 0 Å². The lowest BCUT2D eigenvalue weighted by atomic mass is 10.0. The van der Waals surface area contributed by atoms with Gasteiger partial charge in [-0.3, -0.25) is 14.4 Å². The van der Waals surface area contributed by atoms with E-state index in [1.165, 1.54) is 6.92 Å². The summed E-state index contributed by atoms with van der Waals surface area (Å²) in [6.45, 7) is 2.01. The molecule has 1 saturated heterocycles. The first-order valence-electron chi connectivity index (χ1n) is 10.6. The van der Waals surface area contributed by atoms with E-state index >= 15 is 0 Å². The van der Waals surface area contributed by atoms with Crippen LogP contribution in [0.1, 0.15) is 25.3 Å². The number of amides is 3. The number of carbonyl (C=O) groups is 3. The quantitative estimate of drug-likeness (QED) is 0.484. The molecule has 0 spiro atoms. The predicted molar refractivity (Wildman–Crippen MR) is 118 cm³/mol. The molecule has 0 saturated carbocycles. The first-order chi connectivity index (χ1) is 14.9. The lowest BCUT2D eigenvalue weighted by Gasteiger charge is -2.26. The molecule has 1 fully saturated rings. The fourth-order valence-corrected chi connectivity index (χ4v) is 3.92. The van der Waals surface area contributed by atoms with Crippen molar-refractivity contribution in [3.63, 3.8) is 0 Å². The Labute approximate surface area is 181 Å². The maximum absolute atomic E-state index is 12.9. The number of hydrogen-bond donors (Lipinski definition) is 4. The molecule has 1 heterocycles. The molecular weight excluding hydrogens is 396 g/mol. The maximum Gasteiger partial charge on any atom is 0.243 e. The van der Waals surface area contributed by atoms with Crippen molar-refractivity contribution in [3.8, 4) is 0 Å². The van der Waals surface area contributed by atoms with Crippen LogP contribution in [0, 0.1) is 0 Å². The molecule has 5 N–H and O–H groups in total. The Morgan fingerprint density at radius 2 is 1.94 bits per heavy atom. The van der Waals surface area contributed by atoms with E-state index in [1.54, 1.807) is 4.90 Å². The van der Waals surface area contributed by atoms with Gasteiger partial charge in [0.15, 0.2) is 0 Å². The molecule has 8 heteroatoms. The van der Waals surface area contributed by atoms with Gasteiger partial charge in [0.25, 0.3) is 0 Å². The molecule has 0 aromatic heterocycles. The Hall–Kier alpha value is -2.97. The number of fused-ring (bicyclic) bond motifs is 1. The van der Waals surface area contributed by atoms with Crippen LogP contribution in [0.3, 0.4) is 0 Å². The lowest BCUT2D eigenvalue weighted by molar-refractivity contribution is -0.138. The molecule has 0 radical (unpaired) electrons. The van der Waals surface area contributed by atoms with Crippen molar-refractivity contribution < 1.29 is 19.5 Å². The van der Waals surface area contributed by atoms with E-state index in [0.717, 1.165) is 22.8 Å². The zero-order valence-corrected chi connectivity index (χ0v) is 17.7. The summed E-state index contributed by atoms with van der Waals surface area (Å²) in [4.78, 5) is 39.1. The Morgan fingerprint density at radius 1 is 1.19 bits per heavy atom. The van der Waals surface area contributed by atoms with Gasteiger partial charge < -0.3 is 26.4 Å². The molecule has 0 bridgehead atoms. The zero-order valence-electron chi connectivity index (χ0n) is 17.7. The summed E-state index contributed by atoms with van der Waals surface area (Å²) in [5.41, 5.74) is 6.31. The topological polar surface area (TPSA) is 125 Å². The van der Waals surface area contributed by atoms with E-state index in [4.69, 9.17) is 5.73 Å². The zero-order chi connectivity index (χ0) is 22.4. The molecule has 3 rings (SSSR count). The molecule has 3 atom stereocenters. The van der Waals surface area contributed by atoms with Crippen LogP contribution < -0.4 is 16.4 Å². The Balaban J connectivity index is 1.77. The van der Waals surface area contributed by atoms with Gasteiger partial charge in [-0.1, -0.05) is 42.5 Å². The predicted octanol–water partition coefficient (Wildman–Crippen LogP) is 0.314. The van der Waals surface area contributed by atoms with Crippen molar-refractivity contribution >= 4 is 28.5 Å². The van der Waals surface area contributed by atoms with Gasteiger partial charge in [-0.25, -0.2) is 0 Å². The van der Waals surface area contributed by atoms with Gasteiger partial charge in [-0.2, -0.15) is 0 Å². The Kier molecular flexibility index (Phi) is 7.59. The van der Waals surface area contributed by atoms with Gasteiger partial charge in [0.2, 0.25) is 17.7 Å². The monoisotopic (exact) mass is 426 g/mol. The van der Waals surface area contributed by atoms with E-state index in [-0.39, 0.29) is 31.3 Å². The highest BCUT2D eigenvalue weighted by molar-refractivity contribution is 5.92. The van der Waals surface area contributed by atoms with Crippen molar-refractivity contribution in [2.24, 2.45) is 5.73 Å². The summed E-state index contributed by atoms with van der Waals surface area (Å²) in [5.74, 6) is -0.895. The SMILES string of the molecule is CC(=O)N1CCC[C@H]1C(=O)N[C@H](Cc1ccc2ccccc2c1)C(=O)NCC(O)CN. The molecule has 31 heavy (non-hydrogen) atoms. The van der Waals surface area contributed by atoms with Crippen LogP contribution in [0.15, 0.2) is 42.5 Å². The summed E-state index contributed by atoms with van der Waals surface area (Å²) in [6, 6.07) is 12.4. The summed E-state index contributed by atoms with van der Waals surface area (Å²) >= 11 is 0. The molecule has 0 aliphatic carbocycles. The van der Waals surface area contributed by atoms with E-state index in [0.29, 0.717) is 13.0 Å². The Bertz CT molecular complexity index is 948. The average Bonchev–Trinajstić information content (AvgIpc) is 3.27. The molecule has 2 aromatic rings. The summed E-state index contributed by atoms with van der Waals surface area (Å²) in [5, 5.41) is 17.3. The van der Waals surface area contributed by atoms with Gasteiger partial charge >= 0.3 is 0 Å². The highest BCUT2D eigenvalue weighted by Gasteiger charge is 2.34. The smallest absolute Gasteiger partial charge is 0.243 e. The van der Waals surface area contributed by atoms with E-state index in [2.05, 4.69) is 10.6 Å². The van der Waals surface area contributed by atoms with Crippen LogP contribution >= 0.6 is 0 Å². The number of nitrogens with one attached hydrogen (secondary N) is 2. The van der Waals surface area contributed by atoms with Crippen LogP contribution in [0.5, 0.6) is 0 Å². The van der Waals surface area contributed by atoms with Crippen LogP contribution in [0.25, 0.3) is 10.8 Å². The average molecular weight is 427 g/mol. The summed E-state index contributed by atoms with van der Waals surface area (Å²) in [7, 11) is 0. The molecule has 166 valence electrons. The highest BCUT2D eigenvalue weighted by Crippen LogP contribution is 2.19. The number of likely N-dealkylation sites (tertiary alicyclic amines) is 1. The van der Waals surface area contributed by atoms with E-state index in [1.807, 2.05) is 42.5 Å². The molecule has 1 aliphatic heterocycles. The van der Waals surface area contributed by atoms with Crippen molar-refractivity contribution in [3.05, 3.63) is 48.0 Å². The third-order valence-corrected chi connectivity index (χ3v) is 5.63. The van der Waals surface area contributed by atoms with E-state index in [9.17, 15) is 19.5 Å². The number of aliphatic hydroxyl groups is 1. The second-order valence-corrected chi connectivity index (χ2v) is 7.95. The number of carbonyl (C=O) groups excluding carboxylic acids is 3. The minimum atomic E-state index is -0.857. The molecule has 3 amide bonds. The minimum absolute atomic E-state index is 0.00240. The number of nitrogens with zero attached hydrogens (tertiary/aromatic N) is 1. The second-order valence-electron chi connectivity index (χ2n) is 7.95. The van der Waals surface area contributed by atoms with Gasteiger partial charge in [-0.15, -0.1) is 0 Å². The molecule has 1 unspecified atom stereocenters. The summed E-state index contributed by atoms with van der Waals surface area (Å²) in [6.07, 6.45) is 0.751. The van der Waals surface area contributed by atoms with Gasteiger partial charge in [0, 0.05) is 33.0 Å². The van der Waals surface area contributed by atoms with Crippen LogP contribution in [-0.4, -0.2) is 65.5 Å². The van der Waals surface area contributed by atoms with Crippen molar-refractivity contribution in [2.45, 2.75) is 44.4 Å². The molecular formula is C23H30N4O4. The first-order valence-corrected chi connectivity index (χ1v) is 10.6. The minimum Gasteiger partial charge on any atom is -0.390 e. The number of aliphatic hydroxyl groups excluding tert-OH is 1. The standard InChI is InChI=1S/C23H30N4O4/c1-15(28)27-10-4-7-21(27)23(31)26-20(22(30)25-14-19(29)13-24)12-16-8-9-17-5-2-3-6-18(17)11-16/h2-3,5-6,8-9,11,19-21,29H,4,7,10,12-14,24H2,1H3,(H,25,30)(H,26,31)/t19?,20-,21+/m1/s1. The third kappa shape index (κ3) is 5.80. The number of nitrogens with two attached hydrogens (primary N) is 1. The molecule has 1 aliphatic rings. The van der Waals surface area contributed by atoms with Crippen LogP contribution in [-0.2, 0) is 20.8 Å². The fraction of sp³-hybridized carbons (Fsp3) is 0.435. The largest absolute Gasteiger partial charge is 0.390 e. The Morgan fingerprint density at radius 3 is 2.65 bits per heavy atom. The van der Waals surface area contributed by atoms with Crippen molar-refractivity contribution in [1.82, 2.24) is 15.5 Å². The first kappa shape index (κ1) is 22.7. The number of benzene rings is 2. The fourth-order valence-electron chi connectivity index (χ4n) is 3.92. The van der Waals surface area contributed by atoms with Crippen LogP contribution in [0.4, 0.5) is 0 Å². The molecule has 8 nitrogen and oxygen atoms in total. The second kappa shape index (κ2) is 10.4. The highest BCUT2D eigenvalue weighted by atomic mass is 16.3. The lowest BCUT2D eigenvalue weighted by Crippen LogP contribution is -2.54. The number of hydrogen-bond acceptors (Lipinski definition) is 5. The van der Waals surface area contributed by atoms with Gasteiger partial charge in [0.05, 0.1) is 6.10 Å². The van der Waals surface area contributed by atoms with Gasteiger partial charge in [0.1, 0.15) is 12.1 Å². The van der Waals surface area contributed by atoms with Crippen molar-refractivity contribution in [2.75, 3.05) is 19.6 Å². The number of rotatable bonds is 8. The van der Waals surface area contributed by atoms with Gasteiger partial charge in [-0.05, 0) is 29.2 Å². The normalized spacial score (nSPS) is 17.9. The third-order valence-electron chi connectivity index (χ3n) is 5.63.